The first-order valence-corrected chi connectivity index (χ1v) is 9.24. The fourth-order valence-electron chi connectivity index (χ4n) is 3.21. The lowest BCUT2D eigenvalue weighted by Crippen LogP contribution is -2.52. The maximum Gasteiger partial charge on any atom is 0.263 e. The maximum absolute atomic E-state index is 13.0. The number of carbonyl (C=O) groups excluding carboxylic acids is 1. The molecule has 0 N–H and O–H groups in total. The van der Waals surface area contributed by atoms with E-state index in [9.17, 15) is 4.79 Å². The van der Waals surface area contributed by atoms with Crippen LogP contribution < -0.4 is 4.74 Å². The van der Waals surface area contributed by atoms with Crippen LogP contribution in [-0.4, -0.2) is 36.1 Å². The minimum atomic E-state index is -0.618. The van der Waals surface area contributed by atoms with Crippen molar-refractivity contribution in [2.24, 2.45) is 0 Å². The molecule has 1 aliphatic rings. The van der Waals surface area contributed by atoms with Crippen molar-refractivity contribution in [3.8, 4) is 5.75 Å². The number of carbonyl (C=O) groups is 1. The number of morpholine rings is 1. The van der Waals surface area contributed by atoms with E-state index in [4.69, 9.17) is 21.1 Å². The van der Waals surface area contributed by atoms with Crippen molar-refractivity contribution in [1.29, 1.82) is 0 Å². The van der Waals surface area contributed by atoms with Crippen LogP contribution in [-0.2, 0) is 9.53 Å². The first-order valence-electron chi connectivity index (χ1n) is 8.86. The summed E-state index contributed by atoms with van der Waals surface area (Å²) in [5.41, 5.74) is 2.29. The van der Waals surface area contributed by atoms with E-state index in [0.717, 1.165) is 5.56 Å². The van der Waals surface area contributed by atoms with Crippen LogP contribution in [0.3, 0.4) is 0 Å². The van der Waals surface area contributed by atoms with Gasteiger partial charge in [-0.25, -0.2) is 0 Å². The number of hydrogen-bond acceptors (Lipinski definition) is 3. The number of rotatable bonds is 4. The SMILES string of the molecule is Cc1ccccc1C1CN(C(=O)C(C)Oc2ccccc2Cl)C(C)CO1. The predicted molar refractivity (Wildman–Crippen MR) is 103 cm³/mol. The fraction of sp³-hybridized carbons (Fsp3) is 0.381. The first-order chi connectivity index (χ1) is 12.5. The monoisotopic (exact) mass is 373 g/mol. The van der Waals surface area contributed by atoms with Gasteiger partial charge in [-0.05, 0) is 44.0 Å². The van der Waals surface area contributed by atoms with E-state index in [1.165, 1.54) is 5.56 Å². The van der Waals surface area contributed by atoms with E-state index in [0.29, 0.717) is 23.9 Å². The molecule has 4 nitrogen and oxygen atoms in total. The zero-order chi connectivity index (χ0) is 18.7. The second-order valence-corrected chi connectivity index (χ2v) is 7.12. The van der Waals surface area contributed by atoms with Crippen LogP contribution in [0.2, 0.25) is 5.02 Å². The van der Waals surface area contributed by atoms with Crippen LogP contribution >= 0.6 is 11.6 Å². The van der Waals surface area contributed by atoms with Crippen molar-refractivity contribution >= 4 is 17.5 Å². The summed E-state index contributed by atoms with van der Waals surface area (Å²) < 4.78 is 11.8. The number of aryl methyl sites for hydroxylation is 1. The molecule has 0 spiro atoms. The number of nitrogens with zero attached hydrogens (tertiary/aromatic N) is 1. The summed E-state index contributed by atoms with van der Waals surface area (Å²) in [6.07, 6.45) is -0.739. The summed E-state index contributed by atoms with van der Waals surface area (Å²) in [6, 6.07) is 15.3. The van der Waals surface area contributed by atoms with E-state index < -0.39 is 6.10 Å². The maximum atomic E-state index is 13.0. The van der Waals surface area contributed by atoms with E-state index in [-0.39, 0.29) is 18.1 Å². The molecular weight excluding hydrogens is 350 g/mol. The van der Waals surface area contributed by atoms with Gasteiger partial charge >= 0.3 is 0 Å². The number of amides is 1. The molecule has 0 saturated carbocycles. The Morgan fingerprint density at radius 1 is 1.23 bits per heavy atom. The van der Waals surface area contributed by atoms with Gasteiger partial charge in [0.25, 0.3) is 5.91 Å². The standard InChI is InChI=1S/C21H24ClNO3/c1-14-8-4-5-9-17(14)20-12-23(15(2)13-25-20)21(24)16(3)26-19-11-7-6-10-18(19)22/h4-11,15-16,20H,12-13H2,1-3H3. The van der Waals surface area contributed by atoms with Gasteiger partial charge in [0.1, 0.15) is 11.9 Å². The normalized spacial score (nSPS) is 21.3. The highest BCUT2D eigenvalue weighted by Crippen LogP contribution is 2.29. The Morgan fingerprint density at radius 3 is 2.65 bits per heavy atom. The number of benzene rings is 2. The third-order valence-corrected chi connectivity index (χ3v) is 5.05. The van der Waals surface area contributed by atoms with Crippen LogP contribution in [0, 0.1) is 6.92 Å². The van der Waals surface area contributed by atoms with Gasteiger partial charge in [0, 0.05) is 0 Å². The van der Waals surface area contributed by atoms with Crippen molar-refractivity contribution in [3.63, 3.8) is 0 Å². The molecule has 3 atom stereocenters. The molecule has 0 radical (unpaired) electrons. The van der Waals surface area contributed by atoms with Gasteiger partial charge in [0.15, 0.2) is 6.10 Å². The second-order valence-electron chi connectivity index (χ2n) is 6.71. The molecule has 3 rings (SSSR count). The molecule has 3 unspecified atom stereocenters. The average molecular weight is 374 g/mol. The smallest absolute Gasteiger partial charge is 0.263 e. The summed E-state index contributed by atoms with van der Waals surface area (Å²) in [7, 11) is 0. The molecule has 1 heterocycles. The molecule has 5 heteroatoms. The fourth-order valence-corrected chi connectivity index (χ4v) is 3.40. The van der Waals surface area contributed by atoms with Gasteiger partial charge in [-0.1, -0.05) is 48.0 Å². The lowest BCUT2D eigenvalue weighted by atomic mass is 10.0. The van der Waals surface area contributed by atoms with Crippen LogP contribution in [0.1, 0.15) is 31.1 Å². The molecule has 2 aromatic carbocycles. The highest BCUT2D eigenvalue weighted by Gasteiger charge is 2.34. The molecule has 138 valence electrons. The molecule has 1 aliphatic heterocycles. The molecule has 1 fully saturated rings. The van der Waals surface area contributed by atoms with Gasteiger partial charge in [-0.2, -0.15) is 0 Å². The van der Waals surface area contributed by atoms with E-state index >= 15 is 0 Å². The molecule has 0 bridgehead atoms. The summed E-state index contributed by atoms with van der Waals surface area (Å²) in [5, 5.41) is 0.500. The highest BCUT2D eigenvalue weighted by molar-refractivity contribution is 6.32. The van der Waals surface area contributed by atoms with Gasteiger partial charge in [-0.3, -0.25) is 4.79 Å². The third kappa shape index (κ3) is 4.02. The van der Waals surface area contributed by atoms with Crippen LogP contribution in [0.25, 0.3) is 0 Å². The van der Waals surface area contributed by atoms with Crippen molar-refractivity contribution in [1.82, 2.24) is 4.90 Å². The molecule has 26 heavy (non-hydrogen) atoms. The van der Waals surface area contributed by atoms with Crippen molar-refractivity contribution in [3.05, 3.63) is 64.7 Å². The van der Waals surface area contributed by atoms with Gasteiger partial charge in [-0.15, -0.1) is 0 Å². The van der Waals surface area contributed by atoms with Gasteiger partial charge in [0.2, 0.25) is 0 Å². The zero-order valence-corrected chi connectivity index (χ0v) is 16.1. The van der Waals surface area contributed by atoms with Gasteiger partial charge in [0.05, 0.1) is 24.2 Å². The van der Waals surface area contributed by atoms with E-state index in [1.54, 1.807) is 19.1 Å². The van der Waals surface area contributed by atoms with Crippen LogP contribution in [0.15, 0.2) is 48.5 Å². The Kier molecular flexibility index (Phi) is 5.84. The average Bonchev–Trinajstić information content (AvgIpc) is 2.64. The number of halogens is 1. The molecule has 2 aromatic rings. The highest BCUT2D eigenvalue weighted by atomic mass is 35.5. The Hall–Kier alpha value is -2.04. The summed E-state index contributed by atoms with van der Waals surface area (Å²) in [4.78, 5) is 14.8. The van der Waals surface area contributed by atoms with E-state index in [2.05, 4.69) is 19.1 Å². The second kappa shape index (κ2) is 8.11. The summed E-state index contributed by atoms with van der Waals surface area (Å²) >= 11 is 6.14. The summed E-state index contributed by atoms with van der Waals surface area (Å²) in [6.45, 7) is 6.83. The Bertz CT molecular complexity index is 779. The molecular formula is C21H24ClNO3. The largest absolute Gasteiger partial charge is 0.479 e. The molecule has 1 saturated heterocycles. The van der Waals surface area contributed by atoms with Crippen LogP contribution in [0.5, 0.6) is 5.75 Å². The lowest BCUT2D eigenvalue weighted by Gasteiger charge is -2.39. The van der Waals surface area contributed by atoms with Crippen molar-refractivity contribution < 1.29 is 14.3 Å². The lowest BCUT2D eigenvalue weighted by molar-refractivity contribution is -0.151. The van der Waals surface area contributed by atoms with E-state index in [1.807, 2.05) is 36.1 Å². The zero-order valence-electron chi connectivity index (χ0n) is 15.3. The molecule has 1 amide bonds. The van der Waals surface area contributed by atoms with Crippen molar-refractivity contribution in [2.45, 2.75) is 39.0 Å². The topological polar surface area (TPSA) is 38.8 Å². The quantitative estimate of drug-likeness (QED) is 0.797. The predicted octanol–water partition coefficient (Wildman–Crippen LogP) is 4.40. The van der Waals surface area contributed by atoms with Crippen LogP contribution in [0.4, 0.5) is 0 Å². The minimum absolute atomic E-state index is 0.0000589. The Labute approximate surface area is 159 Å². The third-order valence-electron chi connectivity index (χ3n) is 4.74. The van der Waals surface area contributed by atoms with Crippen molar-refractivity contribution in [2.75, 3.05) is 13.2 Å². The molecule has 0 aromatic heterocycles. The number of ether oxygens (including phenoxy) is 2. The van der Waals surface area contributed by atoms with Gasteiger partial charge < -0.3 is 14.4 Å². The number of hydrogen-bond donors (Lipinski definition) is 0. The summed E-state index contributed by atoms with van der Waals surface area (Å²) in [5.74, 6) is 0.464. The Morgan fingerprint density at radius 2 is 1.92 bits per heavy atom. The molecule has 0 aliphatic carbocycles. The minimum Gasteiger partial charge on any atom is -0.479 e. The number of para-hydroxylation sites is 1. The Balaban J connectivity index is 1.73. The first kappa shape index (κ1) is 18.7.